The first-order valence-electron chi connectivity index (χ1n) is 9.45. The van der Waals surface area contributed by atoms with Crippen LogP contribution in [0, 0.1) is 10.1 Å². The molecule has 2 rings (SSSR count). The number of nitro benzene ring substituents is 1. The molecule has 170 valence electrons. The number of non-ortho nitro benzene ring substituents is 1. The summed E-state index contributed by atoms with van der Waals surface area (Å²) in [5, 5.41) is 13.2. The van der Waals surface area contributed by atoms with E-state index in [1.54, 1.807) is 24.3 Å². The fourth-order valence-electron chi connectivity index (χ4n) is 2.46. The minimum Gasteiger partial charge on any atom is -0.429 e. The van der Waals surface area contributed by atoms with Crippen molar-refractivity contribution in [3.05, 3.63) is 64.2 Å². The second-order valence-corrected chi connectivity index (χ2v) is 6.77. The zero-order chi connectivity index (χ0) is 23.7. The van der Waals surface area contributed by atoms with Crippen LogP contribution >= 0.6 is 0 Å². The summed E-state index contributed by atoms with van der Waals surface area (Å²) in [5.74, 6) is -1.00. The lowest BCUT2D eigenvalue weighted by Gasteiger charge is -2.14. The van der Waals surface area contributed by atoms with Gasteiger partial charge in [-0.2, -0.15) is 0 Å². The fourth-order valence-corrected chi connectivity index (χ4v) is 2.46. The molecule has 2 aromatic rings. The topological polar surface area (TPSA) is 203 Å². The highest BCUT2D eigenvalue weighted by Gasteiger charge is 2.17. The Morgan fingerprint density at radius 2 is 1.56 bits per heavy atom. The third-order valence-corrected chi connectivity index (χ3v) is 4.32. The normalized spacial score (nSPS) is 12.3. The molecule has 2 atom stereocenters. The van der Waals surface area contributed by atoms with Crippen molar-refractivity contribution in [3.63, 3.8) is 0 Å². The number of amides is 2. The van der Waals surface area contributed by atoms with E-state index in [0.29, 0.717) is 11.3 Å². The minimum atomic E-state index is -0.976. The van der Waals surface area contributed by atoms with E-state index in [-0.39, 0.29) is 30.9 Å². The molecule has 0 radical (unpaired) electrons. The van der Waals surface area contributed by atoms with Crippen LogP contribution in [0.25, 0.3) is 0 Å². The maximum absolute atomic E-state index is 12.1. The lowest BCUT2D eigenvalue weighted by atomic mass is 10.1. The van der Waals surface area contributed by atoms with Gasteiger partial charge in [-0.1, -0.05) is 12.1 Å². The number of rotatable bonds is 10. The van der Waals surface area contributed by atoms with Crippen molar-refractivity contribution in [2.24, 2.45) is 17.2 Å². The Kier molecular flexibility index (Phi) is 8.63. The predicted molar refractivity (Wildman–Crippen MR) is 113 cm³/mol. The molecular formula is C20H23N5O7. The monoisotopic (exact) mass is 445 g/mol. The SMILES string of the molecule is NC(=O)C(N)CC[C@@H](N)C(=O)Nc1ccc(COC(=O)Oc2ccc([N+](=O)[O-])cc2)cc1. The summed E-state index contributed by atoms with van der Waals surface area (Å²) >= 11 is 0. The molecule has 0 heterocycles. The molecule has 0 bridgehead atoms. The third-order valence-electron chi connectivity index (χ3n) is 4.32. The first kappa shape index (κ1) is 24.2. The van der Waals surface area contributed by atoms with Crippen LogP contribution in [-0.2, 0) is 20.9 Å². The Hall–Kier alpha value is -4.03. The van der Waals surface area contributed by atoms with Gasteiger partial charge in [0.1, 0.15) is 12.4 Å². The molecule has 7 N–H and O–H groups in total. The molecule has 2 aromatic carbocycles. The van der Waals surface area contributed by atoms with E-state index in [4.69, 9.17) is 26.7 Å². The van der Waals surface area contributed by atoms with Gasteiger partial charge in [0, 0.05) is 17.8 Å². The van der Waals surface area contributed by atoms with Crippen molar-refractivity contribution in [1.29, 1.82) is 0 Å². The Labute approximate surface area is 182 Å². The molecule has 0 saturated heterocycles. The van der Waals surface area contributed by atoms with Crippen LogP contribution in [0.1, 0.15) is 18.4 Å². The van der Waals surface area contributed by atoms with Gasteiger partial charge in [-0.25, -0.2) is 4.79 Å². The first-order valence-corrected chi connectivity index (χ1v) is 9.45. The molecular weight excluding hydrogens is 422 g/mol. The number of carbonyl (C=O) groups is 3. The van der Waals surface area contributed by atoms with E-state index in [1.807, 2.05) is 0 Å². The minimum absolute atomic E-state index is 0.0927. The Balaban J connectivity index is 1.78. The van der Waals surface area contributed by atoms with Crippen LogP contribution < -0.4 is 27.3 Å². The van der Waals surface area contributed by atoms with E-state index in [0.717, 1.165) is 0 Å². The number of anilines is 1. The number of hydrogen-bond donors (Lipinski definition) is 4. The number of primary amides is 1. The van der Waals surface area contributed by atoms with E-state index in [9.17, 15) is 24.5 Å². The summed E-state index contributed by atoms with van der Waals surface area (Å²) in [4.78, 5) is 44.8. The van der Waals surface area contributed by atoms with Crippen molar-refractivity contribution >= 4 is 29.3 Å². The third kappa shape index (κ3) is 7.66. The van der Waals surface area contributed by atoms with Gasteiger partial charge in [0.15, 0.2) is 0 Å². The maximum atomic E-state index is 12.1. The zero-order valence-electron chi connectivity index (χ0n) is 16.9. The van der Waals surface area contributed by atoms with Gasteiger partial charge in [-0.3, -0.25) is 19.7 Å². The smallest absolute Gasteiger partial charge is 0.429 e. The molecule has 0 fully saturated rings. The summed E-state index contributed by atoms with van der Waals surface area (Å²) in [6.07, 6.45) is -0.592. The van der Waals surface area contributed by atoms with Gasteiger partial charge in [0.25, 0.3) is 5.69 Å². The van der Waals surface area contributed by atoms with Gasteiger partial charge in [-0.05, 0) is 42.7 Å². The number of benzene rings is 2. The number of nitrogens with two attached hydrogens (primary N) is 3. The van der Waals surface area contributed by atoms with Gasteiger partial charge in [-0.15, -0.1) is 0 Å². The number of nitrogens with one attached hydrogen (secondary N) is 1. The highest BCUT2D eigenvalue weighted by Crippen LogP contribution is 2.18. The Morgan fingerprint density at radius 3 is 2.12 bits per heavy atom. The van der Waals surface area contributed by atoms with Gasteiger partial charge < -0.3 is 32.0 Å². The summed E-state index contributed by atoms with van der Waals surface area (Å²) in [5.41, 5.74) is 17.3. The molecule has 0 saturated carbocycles. The Bertz CT molecular complexity index is 963. The van der Waals surface area contributed by atoms with Crippen LogP contribution in [0.2, 0.25) is 0 Å². The summed E-state index contributed by atoms with van der Waals surface area (Å²) in [6, 6.07) is 9.69. The van der Waals surface area contributed by atoms with Crippen LogP contribution in [0.5, 0.6) is 5.75 Å². The van der Waals surface area contributed by atoms with E-state index in [1.165, 1.54) is 24.3 Å². The van der Waals surface area contributed by atoms with Crippen molar-refractivity contribution in [2.75, 3.05) is 5.32 Å². The second-order valence-electron chi connectivity index (χ2n) is 6.77. The van der Waals surface area contributed by atoms with Crippen LogP contribution in [-0.4, -0.2) is 35.0 Å². The molecule has 32 heavy (non-hydrogen) atoms. The highest BCUT2D eigenvalue weighted by atomic mass is 16.7. The molecule has 0 aromatic heterocycles. The summed E-state index contributed by atoms with van der Waals surface area (Å²) < 4.78 is 9.93. The van der Waals surface area contributed by atoms with Crippen molar-refractivity contribution < 1.29 is 28.8 Å². The quantitative estimate of drug-likeness (QED) is 0.179. The molecule has 12 heteroatoms. The number of hydrogen-bond acceptors (Lipinski definition) is 9. The van der Waals surface area contributed by atoms with E-state index < -0.39 is 35.0 Å². The summed E-state index contributed by atoms with van der Waals surface area (Å²) in [6.45, 7) is -0.0927. The number of nitro groups is 1. The molecule has 2 amide bonds. The highest BCUT2D eigenvalue weighted by molar-refractivity contribution is 5.94. The fraction of sp³-hybridized carbons (Fsp3) is 0.250. The lowest BCUT2D eigenvalue weighted by Crippen LogP contribution is -2.40. The van der Waals surface area contributed by atoms with Crippen molar-refractivity contribution in [2.45, 2.75) is 31.5 Å². The van der Waals surface area contributed by atoms with Gasteiger partial charge in [0.05, 0.1) is 17.0 Å². The molecule has 0 aliphatic rings. The van der Waals surface area contributed by atoms with E-state index >= 15 is 0 Å². The molecule has 0 aliphatic heterocycles. The van der Waals surface area contributed by atoms with E-state index in [2.05, 4.69) is 5.32 Å². The lowest BCUT2D eigenvalue weighted by molar-refractivity contribution is -0.384. The van der Waals surface area contributed by atoms with Crippen molar-refractivity contribution in [1.82, 2.24) is 0 Å². The second kappa shape index (κ2) is 11.4. The molecule has 0 spiro atoms. The standard InChI is InChI=1S/C20H23N5O7/c21-16(18(23)26)9-10-17(22)19(27)24-13-3-1-12(2-4-13)11-31-20(28)32-15-7-5-14(6-8-15)25(29)30/h1-8,16-17H,9-11,21-22H2,(H2,23,26)(H,24,27)/t16?,17-/m1/s1. The number of carbonyl (C=O) groups excluding carboxylic acids is 3. The van der Waals surface area contributed by atoms with Crippen LogP contribution in [0.4, 0.5) is 16.2 Å². The average molecular weight is 445 g/mol. The first-order chi connectivity index (χ1) is 15.2. The largest absolute Gasteiger partial charge is 0.514 e. The number of nitrogens with zero attached hydrogens (tertiary/aromatic N) is 1. The van der Waals surface area contributed by atoms with Crippen molar-refractivity contribution in [3.8, 4) is 5.75 Å². The van der Waals surface area contributed by atoms with Gasteiger partial charge >= 0.3 is 6.16 Å². The number of ether oxygens (including phenoxy) is 2. The Morgan fingerprint density at radius 1 is 0.969 bits per heavy atom. The molecule has 0 aliphatic carbocycles. The average Bonchev–Trinajstić information content (AvgIpc) is 2.76. The molecule has 1 unspecified atom stereocenters. The van der Waals surface area contributed by atoms with Crippen LogP contribution in [0.3, 0.4) is 0 Å². The van der Waals surface area contributed by atoms with Crippen LogP contribution in [0.15, 0.2) is 48.5 Å². The zero-order valence-corrected chi connectivity index (χ0v) is 16.9. The predicted octanol–water partition coefficient (Wildman–Crippen LogP) is 1.17. The summed E-state index contributed by atoms with van der Waals surface area (Å²) in [7, 11) is 0. The maximum Gasteiger partial charge on any atom is 0.514 e. The van der Waals surface area contributed by atoms with Gasteiger partial charge in [0.2, 0.25) is 11.8 Å². The molecule has 12 nitrogen and oxygen atoms in total.